The van der Waals surface area contributed by atoms with Crippen molar-refractivity contribution in [1.29, 1.82) is 0 Å². The Hall–Kier alpha value is -2.31. The fourth-order valence-electron chi connectivity index (χ4n) is 2.33. The molecule has 26 heavy (non-hydrogen) atoms. The number of rotatable bonds is 7. The van der Waals surface area contributed by atoms with Gasteiger partial charge in [-0.1, -0.05) is 53.2 Å². The molecule has 3 rings (SSSR count). The van der Waals surface area contributed by atoms with Crippen LogP contribution >= 0.6 is 23.4 Å². The zero-order valence-corrected chi connectivity index (χ0v) is 15.8. The predicted octanol–water partition coefficient (Wildman–Crippen LogP) is 4.25. The first-order chi connectivity index (χ1) is 12.6. The van der Waals surface area contributed by atoms with Gasteiger partial charge in [-0.2, -0.15) is 4.98 Å². The zero-order chi connectivity index (χ0) is 18.4. The second-order valence-electron chi connectivity index (χ2n) is 5.69. The summed E-state index contributed by atoms with van der Waals surface area (Å²) in [6.45, 7) is 2.27. The van der Waals surface area contributed by atoms with Crippen molar-refractivity contribution in [1.82, 2.24) is 15.5 Å². The summed E-state index contributed by atoms with van der Waals surface area (Å²) < 4.78 is 5.17. The lowest BCUT2D eigenvalue weighted by Gasteiger charge is -2.05. The number of hydrogen-bond acceptors (Lipinski definition) is 5. The van der Waals surface area contributed by atoms with Crippen molar-refractivity contribution in [3.8, 4) is 11.4 Å². The Morgan fingerprint density at radius 3 is 2.77 bits per heavy atom. The lowest BCUT2D eigenvalue weighted by Crippen LogP contribution is -2.24. The van der Waals surface area contributed by atoms with Crippen LogP contribution in [0.3, 0.4) is 0 Å². The van der Waals surface area contributed by atoms with E-state index in [0.717, 1.165) is 5.75 Å². The van der Waals surface area contributed by atoms with E-state index in [1.54, 1.807) is 17.8 Å². The van der Waals surface area contributed by atoms with E-state index in [1.165, 1.54) is 11.1 Å². The highest BCUT2D eigenvalue weighted by Crippen LogP contribution is 2.24. The minimum Gasteiger partial charge on any atom is -0.346 e. The van der Waals surface area contributed by atoms with E-state index in [-0.39, 0.29) is 12.5 Å². The average Bonchev–Trinajstić information content (AvgIpc) is 3.11. The van der Waals surface area contributed by atoms with Crippen molar-refractivity contribution in [3.05, 3.63) is 70.6 Å². The zero-order valence-electron chi connectivity index (χ0n) is 14.2. The number of carbonyl (C=O) groups excluding carboxylic acids is 1. The third-order valence-corrected chi connectivity index (χ3v) is 5.08. The molecule has 0 spiro atoms. The number of hydrogen-bond donors (Lipinski definition) is 1. The number of amides is 1. The summed E-state index contributed by atoms with van der Waals surface area (Å²) in [5.74, 6) is 1.86. The van der Waals surface area contributed by atoms with Crippen molar-refractivity contribution in [2.24, 2.45) is 0 Å². The molecule has 0 saturated heterocycles. The van der Waals surface area contributed by atoms with E-state index >= 15 is 0 Å². The van der Waals surface area contributed by atoms with Gasteiger partial charge in [-0.25, -0.2) is 0 Å². The van der Waals surface area contributed by atoms with Gasteiger partial charge < -0.3 is 9.84 Å². The van der Waals surface area contributed by atoms with Crippen LogP contribution in [0.25, 0.3) is 11.4 Å². The summed E-state index contributed by atoms with van der Waals surface area (Å²) in [5, 5.41) is 7.25. The molecule has 0 saturated carbocycles. The van der Waals surface area contributed by atoms with Crippen LogP contribution in [-0.2, 0) is 17.1 Å². The molecule has 3 aromatic rings. The molecule has 134 valence electrons. The monoisotopic (exact) mass is 387 g/mol. The molecule has 0 aliphatic heterocycles. The molecule has 1 aromatic heterocycles. The Morgan fingerprint density at radius 1 is 1.19 bits per heavy atom. The van der Waals surface area contributed by atoms with Gasteiger partial charge in [0, 0.05) is 11.3 Å². The van der Waals surface area contributed by atoms with Gasteiger partial charge in [-0.15, -0.1) is 11.8 Å². The number of aryl methyl sites for hydroxylation is 1. The molecule has 1 N–H and O–H groups in total. The van der Waals surface area contributed by atoms with Gasteiger partial charge in [0.2, 0.25) is 17.6 Å². The number of benzene rings is 2. The van der Waals surface area contributed by atoms with Gasteiger partial charge in [-0.3, -0.25) is 4.79 Å². The van der Waals surface area contributed by atoms with E-state index in [9.17, 15) is 4.79 Å². The molecule has 0 aliphatic rings. The Kier molecular flexibility index (Phi) is 6.30. The van der Waals surface area contributed by atoms with Gasteiger partial charge in [0.1, 0.15) is 0 Å². The molecule has 0 aliphatic carbocycles. The first-order valence-electron chi connectivity index (χ1n) is 8.10. The number of nitrogens with zero attached hydrogens (tertiary/aromatic N) is 2. The molecule has 7 heteroatoms. The van der Waals surface area contributed by atoms with E-state index in [4.69, 9.17) is 16.1 Å². The first kappa shape index (κ1) is 18.5. The number of nitrogens with one attached hydrogen (secondary N) is 1. The molecular weight excluding hydrogens is 370 g/mol. The minimum atomic E-state index is -0.0684. The maximum atomic E-state index is 12.0. The smallest absolute Gasteiger partial charge is 0.246 e. The van der Waals surface area contributed by atoms with Crippen LogP contribution in [0.2, 0.25) is 5.02 Å². The largest absolute Gasteiger partial charge is 0.346 e. The molecule has 1 heterocycles. The lowest BCUT2D eigenvalue weighted by molar-refractivity contribution is -0.118. The summed E-state index contributed by atoms with van der Waals surface area (Å²) in [5.41, 5.74) is 3.18. The van der Waals surface area contributed by atoms with Crippen LogP contribution in [0.15, 0.2) is 53.1 Å². The maximum absolute atomic E-state index is 12.0. The number of halogens is 1. The third-order valence-electron chi connectivity index (χ3n) is 3.77. The van der Waals surface area contributed by atoms with Crippen LogP contribution in [0.5, 0.6) is 0 Å². The second-order valence-corrected chi connectivity index (χ2v) is 7.08. The van der Waals surface area contributed by atoms with Crippen molar-refractivity contribution >= 4 is 29.3 Å². The fraction of sp³-hybridized carbons (Fsp3) is 0.211. The van der Waals surface area contributed by atoms with Gasteiger partial charge in [0.05, 0.1) is 17.3 Å². The van der Waals surface area contributed by atoms with Crippen LogP contribution in [0, 0.1) is 6.92 Å². The Morgan fingerprint density at radius 2 is 1.96 bits per heavy atom. The van der Waals surface area contributed by atoms with E-state index in [2.05, 4.69) is 34.5 Å². The molecule has 0 radical (unpaired) electrons. The maximum Gasteiger partial charge on any atom is 0.246 e. The predicted molar refractivity (Wildman–Crippen MR) is 104 cm³/mol. The van der Waals surface area contributed by atoms with E-state index < -0.39 is 0 Å². The summed E-state index contributed by atoms with van der Waals surface area (Å²) in [6.07, 6.45) is 0. The average molecular weight is 388 g/mol. The SMILES string of the molecule is Cc1ccccc1CSCC(=O)NCc1nc(-c2ccccc2Cl)no1. The molecule has 2 aromatic carbocycles. The van der Waals surface area contributed by atoms with Crippen molar-refractivity contribution in [2.45, 2.75) is 19.2 Å². The lowest BCUT2D eigenvalue weighted by atomic mass is 10.1. The van der Waals surface area contributed by atoms with Crippen LogP contribution in [0.1, 0.15) is 17.0 Å². The van der Waals surface area contributed by atoms with Crippen LogP contribution < -0.4 is 5.32 Å². The van der Waals surface area contributed by atoms with Gasteiger partial charge in [0.15, 0.2) is 0 Å². The molecule has 5 nitrogen and oxygen atoms in total. The number of thioether (sulfide) groups is 1. The standard InChI is InChI=1S/C19H18ClN3O2S/c1-13-6-2-3-7-14(13)11-26-12-17(24)21-10-18-22-19(23-25-18)15-8-4-5-9-16(15)20/h2-9H,10-12H2,1H3,(H,21,24). The summed E-state index contributed by atoms with van der Waals surface area (Å²) in [7, 11) is 0. The minimum absolute atomic E-state index is 0.0684. The van der Waals surface area contributed by atoms with Crippen molar-refractivity contribution in [3.63, 3.8) is 0 Å². The highest BCUT2D eigenvalue weighted by Gasteiger charge is 2.12. The molecule has 0 unspecified atom stereocenters. The van der Waals surface area contributed by atoms with Crippen molar-refractivity contribution < 1.29 is 9.32 Å². The fourth-order valence-corrected chi connectivity index (χ4v) is 3.48. The first-order valence-corrected chi connectivity index (χ1v) is 9.63. The van der Waals surface area contributed by atoms with E-state index in [0.29, 0.717) is 28.1 Å². The highest BCUT2D eigenvalue weighted by molar-refractivity contribution is 7.99. The Balaban J connectivity index is 1.46. The number of carbonyl (C=O) groups is 1. The van der Waals surface area contributed by atoms with Gasteiger partial charge in [-0.05, 0) is 30.2 Å². The summed E-state index contributed by atoms with van der Waals surface area (Å²) >= 11 is 7.69. The van der Waals surface area contributed by atoms with Crippen LogP contribution in [0.4, 0.5) is 0 Å². The van der Waals surface area contributed by atoms with Crippen LogP contribution in [-0.4, -0.2) is 21.8 Å². The third kappa shape index (κ3) is 4.86. The molecule has 0 bridgehead atoms. The molecule has 1 amide bonds. The highest BCUT2D eigenvalue weighted by atomic mass is 35.5. The van der Waals surface area contributed by atoms with Gasteiger partial charge in [0.25, 0.3) is 0 Å². The quantitative estimate of drug-likeness (QED) is 0.656. The molecule has 0 fully saturated rings. The van der Waals surface area contributed by atoms with Gasteiger partial charge >= 0.3 is 0 Å². The van der Waals surface area contributed by atoms with E-state index in [1.807, 2.05) is 30.3 Å². The summed E-state index contributed by atoms with van der Waals surface area (Å²) in [6, 6.07) is 15.4. The normalized spacial score (nSPS) is 10.7. The topological polar surface area (TPSA) is 68.0 Å². The second kappa shape index (κ2) is 8.87. The Labute approximate surface area is 161 Å². The molecular formula is C19H18ClN3O2S. The number of aromatic nitrogens is 2. The summed E-state index contributed by atoms with van der Waals surface area (Å²) in [4.78, 5) is 16.2. The Bertz CT molecular complexity index is 898. The van der Waals surface area contributed by atoms with Crippen molar-refractivity contribution in [2.75, 3.05) is 5.75 Å². The molecule has 0 atom stereocenters.